The van der Waals surface area contributed by atoms with Gasteiger partial charge in [0.15, 0.2) is 0 Å². The third-order valence-corrected chi connectivity index (χ3v) is 11.2. The lowest BCUT2D eigenvalue weighted by Crippen LogP contribution is -2.55. The molecule has 1 amide bonds. The van der Waals surface area contributed by atoms with Crippen molar-refractivity contribution in [1.82, 2.24) is 5.32 Å². The second kappa shape index (κ2) is 11.0. The number of esters is 1. The fourth-order valence-electron chi connectivity index (χ4n) is 9.29. The molecule has 0 unspecified atom stereocenters. The molecule has 0 aromatic carbocycles. The van der Waals surface area contributed by atoms with E-state index in [0.29, 0.717) is 35.9 Å². The van der Waals surface area contributed by atoms with Crippen molar-refractivity contribution in [1.29, 1.82) is 0 Å². The van der Waals surface area contributed by atoms with E-state index >= 15 is 0 Å². The first-order valence-corrected chi connectivity index (χ1v) is 14.8. The van der Waals surface area contributed by atoms with E-state index in [0.717, 1.165) is 32.1 Å². The molecule has 0 heterocycles. The molecule has 4 rings (SSSR count). The Bertz CT molecular complexity index is 876. The molecule has 0 saturated heterocycles. The van der Waals surface area contributed by atoms with Crippen LogP contribution >= 0.6 is 0 Å². The molecular weight excluding hydrogens is 468 g/mol. The number of fused-ring (bicyclic) bond motifs is 5. The number of hydrogen-bond acceptors (Lipinski definition) is 6. The molecule has 4 fully saturated rings. The summed E-state index contributed by atoms with van der Waals surface area (Å²) in [6, 6.07) is -1.79. The lowest BCUT2D eigenvalue weighted by Gasteiger charge is -2.61. The highest BCUT2D eigenvalue weighted by molar-refractivity contribution is 5.87. The number of aliphatic hydroxyl groups excluding tert-OH is 1. The first-order chi connectivity index (χ1) is 17.4. The number of hydrogen-bond donors (Lipinski definition) is 3. The molecule has 0 aliphatic heterocycles. The minimum atomic E-state index is -1.05. The van der Waals surface area contributed by atoms with Crippen molar-refractivity contribution < 1.29 is 24.2 Å². The monoisotopic (exact) mass is 518 g/mol. The van der Waals surface area contributed by atoms with Gasteiger partial charge in [0.2, 0.25) is 5.91 Å². The largest absolute Gasteiger partial charge is 0.461 e. The number of nitrogens with two attached hydrogens (primary N) is 1. The number of Topliss-reactive ketones (excluding diaryl/α,β-unsaturated/α-hetero) is 1. The number of amides is 1. The third-order valence-electron chi connectivity index (χ3n) is 11.2. The summed E-state index contributed by atoms with van der Waals surface area (Å²) in [5.41, 5.74) is 6.10. The van der Waals surface area contributed by atoms with Crippen molar-refractivity contribution in [2.24, 2.45) is 52.1 Å². The maximum atomic E-state index is 13.1. The van der Waals surface area contributed by atoms with E-state index < -0.39 is 24.6 Å². The van der Waals surface area contributed by atoms with Crippen LogP contribution in [0.25, 0.3) is 0 Å². The Balaban J connectivity index is 1.40. The van der Waals surface area contributed by atoms with Gasteiger partial charge in [0.05, 0.1) is 6.61 Å². The van der Waals surface area contributed by atoms with Gasteiger partial charge in [-0.1, -0.05) is 27.7 Å². The van der Waals surface area contributed by atoms with Crippen LogP contribution in [0.2, 0.25) is 0 Å². The zero-order valence-electron chi connectivity index (χ0n) is 23.6. The molecule has 210 valence electrons. The molecule has 0 radical (unpaired) electrons. The van der Waals surface area contributed by atoms with Crippen LogP contribution in [0, 0.1) is 46.3 Å². The van der Waals surface area contributed by atoms with E-state index in [-0.39, 0.29) is 34.7 Å². The van der Waals surface area contributed by atoms with Crippen LogP contribution in [0.5, 0.6) is 0 Å². The average Bonchev–Trinajstić information content (AvgIpc) is 3.20. The van der Waals surface area contributed by atoms with E-state index in [2.05, 4.69) is 19.2 Å². The number of ketones is 1. The fourth-order valence-corrected chi connectivity index (χ4v) is 9.29. The van der Waals surface area contributed by atoms with Crippen molar-refractivity contribution in [3.05, 3.63) is 0 Å². The van der Waals surface area contributed by atoms with Gasteiger partial charge in [0.1, 0.15) is 24.0 Å². The predicted octanol–water partition coefficient (Wildman–Crippen LogP) is 4.00. The highest BCUT2D eigenvalue weighted by atomic mass is 16.5. The number of carbonyl (C=O) groups excluding carboxylic acids is 3. The van der Waals surface area contributed by atoms with Gasteiger partial charge in [0, 0.05) is 5.92 Å². The summed E-state index contributed by atoms with van der Waals surface area (Å²) >= 11 is 0. The van der Waals surface area contributed by atoms with Gasteiger partial charge >= 0.3 is 5.97 Å². The van der Waals surface area contributed by atoms with Crippen LogP contribution in [-0.4, -0.2) is 47.6 Å². The first-order valence-electron chi connectivity index (χ1n) is 14.8. The van der Waals surface area contributed by atoms with E-state index in [4.69, 9.17) is 10.5 Å². The molecule has 37 heavy (non-hydrogen) atoms. The lowest BCUT2D eigenvalue weighted by molar-refractivity contribution is -0.166. The quantitative estimate of drug-likeness (QED) is 0.418. The molecule has 4 aliphatic carbocycles. The summed E-state index contributed by atoms with van der Waals surface area (Å²) in [5, 5.41) is 11.9. The third kappa shape index (κ3) is 5.36. The fraction of sp³-hybridized carbons (Fsp3) is 0.900. The van der Waals surface area contributed by atoms with Crippen LogP contribution in [0.3, 0.4) is 0 Å². The second-order valence-corrected chi connectivity index (χ2v) is 13.8. The van der Waals surface area contributed by atoms with Crippen LogP contribution < -0.4 is 11.1 Å². The summed E-state index contributed by atoms with van der Waals surface area (Å²) in [7, 11) is 0. The van der Waals surface area contributed by atoms with Crippen LogP contribution in [-0.2, 0) is 19.1 Å². The summed E-state index contributed by atoms with van der Waals surface area (Å²) in [6.45, 7) is 10.2. The molecule has 7 heteroatoms. The summed E-state index contributed by atoms with van der Waals surface area (Å²) < 4.78 is 6.03. The average molecular weight is 519 g/mol. The van der Waals surface area contributed by atoms with Crippen LogP contribution in [0.1, 0.15) is 98.8 Å². The van der Waals surface area contributed by atoms with E-state index in [1.165, 1.54) is 25.7 Å². The zero-order valence-corrected chi connectivity index (χ0v) is 23.6. The minimum Gasteiger partial charge on any atom is -0.461 e. The summed E-state index contributed by atoms with van der Waals surface area (Å²) in [6.07, 6.45) is 10.2. The SMILES string of the molecule is CC(=O)[C@H]1CC[C@H]2[C@@H]3CC[C@H]4C[C@H](OC(=O)[C@H](CC(C)C)NC(=O)[C@@H](N)CO)CC[C@]4(C)[C@H]3CC[C@]12C. The van der Waals surface area contributed by atoms with Crippen molar-refractivity contribution in [3.63, 3.8) is 0 Å². The lowest BCUT2D eigenvalue weighted by atomic mass is 9.44. The van der Waals surface area contributed by atoms with Crippen molar-refractivity contribution in [2.45, 2.75) is 117 Å². The number of carbonyl (C=O) groups is 3. The summed E-state index contributed by atoms with van der Waals surface area (Å²) in [5.74, 6) is 2.52. The van der Waals surface area contributed by atoms with Crippen molar-refractivity contribution >= 4 is 17.7 Å². The Labute approximate surface area is 223 Å². The molecule has 4 saturated carbocycles. The molecule has 4 N–H and O–H groups in total. The molecular formula is C30H50N2O5. The summed E-state index contributed by atoms with van der Waals surface area (Å²) in [4.78, 5) is 37.8. The van der Waals surface area contributed by atoms with E-state index in [1.807, 2.05) is 13.8 Å². The minimum absolute atomic E-state index is 0.123. The smallest absolute Gasteiger partial charge is 0.328 e. The van der Waals surface area contributed by atoms with Crippen LogP contribution in [0.4, 0.5) is 0 Å². The number of aliphatic hydroxyl groups is 1. The molecule has 0 aromatic rings. The highest BCUT2D eigenvalue weighted by Crippen LogP contribution is 2.67. The first kappa shape index (κ1) is 28.5. The Hall–Kier alpha value is -1.47. The number of ether oxygens (including phenoxy) is 1. The standard InChI is InChI=1S/C30H50N2O5/c1-17(2)14-26(32-27(35)25(31)16-33)28(36)37-20-10-12-29(4)19(15-20)6-7-21-23-9-8-22(18(3)34)30(23,5)13-11-24(21)29/h17,19-26,33H,6-16,31H2,1-5H3,(H,32,35)/t19-,20+,21-,22+,23-,24-,25-,26-,29-,30+/m0/s1. The molecule has 10 atom stereocenters. The van der Waals surface area contributed by atoms with Crippen LogP contribution in [0.15, 0.2) is 0 Å². The normalized spacial score (nSPS) is 40.6. The topological polar surface area (TPSA) is 119 Å². The Morgan fingerprint density at radius 1 is 1.00 bits per heavy atom. The maximum Gasteiger partial charge on any atom is 0.328 e. The molecule has 0 bridgehead atoms. The zero-order chi connectivity index (χ0) is 27.1. The highest BCUT2D eigenvalue weighted by Gasteiger charge is 2.61. The predicted molar refractivity (Wildman–Crippen MR) is 142 cm³/mol. The Kier molecular flexibility index (Phi) is 8.45. The Morgan fingerprint density at radius 2 is 1.68 bits per heavy atom. The maximum absolute atomic E-state index is 13.1. The van der Waals surface area contributed by atoms with E-state index in [9.17, 15) is 19.5 Å². The Morgan fingerprint density at radius 3 is 2.32 bits per heavy atom. The van der Waals surface area contributed by atoms with Gasteiger partial charge in [-0.05, 0) is 112 Å². The number of rotatable bonds is 8. The van der Waals surface area contributed by atoms with Crippen molar-refractivity contribution in [2.75, 3.05) is 6.61 Å². The molecule has 7 nitrogen and oxygen atoms in total. The number of nitrogens with one attached hydrogen (secondary N) is 1. The molecule has 0 spiro atoms. The van der Waals surface area contributed by atoms with Crippen molar-refractivity contribution in [3.8, 4) is 0 Å². The van der Waals surface area contributed by atoms with Gasteiger partial charge in [-0.15, -0.1) is 0 Å². The van der Waals surface area contributed by atoms with Gasteiger partial charge < -0.3 is 20.9 Å². The molecule has 0 aromatic heterocycles. The van der Waals surface area contributed by atoms with Gasteiger partial charge in [-0.2, -0.15) is 0 Å². The van der Waals surface area contributed by atoms with E-state index in [1.54, 1.807) is 6.92 Å². The van der Waals surface area contributed by atoms with Gasteiger partial charge in [0.25, 0.3) is 0 Å². The second-order valence-electron chi connectivity index (χ2n) is 13.8. The van der Waals surface area contributed by atoms with Gasteiger partial charge in [-0.3, -0.25) is 9.59 Å². The van der Waals surface area contributed by atoms with Gasteiger partial charge in [-0.25, -0.2) is 4.79 Å². The molecule has 4 aliphatic rings.